The highest BCUT2D eigenvalue weighted by Gasteiger charge is 2.13. The molecule has 0 aromatic heterocycles. The monoisotopic (exact) mass is 212 g/mol. The van der Waals surface area contributed by atoms with Crippen LogP contribution in [0.2, 0.25) is 0 Å². The molecule has 0 fully saturated rings. The van der Waals surface area contributed by atoms with Gasteiger partial charge in [-0.05, 0) is 32.1 Å². The van der Waals surface area contributed by atoms with E-state index in [9.17, 15) is 4.39 Å². The number of halogens is 1. The highest BCUT2D eigenvalue weighted by Crippen LogP contribution is 2.17. The molecule has 0 saturated carbocycles. The lowest BCUT2D eigenvalue weighted by Crippen LogP contribution is -2.37. The van der Waals surface area contributed by atoms with Gasteiger partial charge in [0.2, 0.25) is 0 Å². The maximum atomic E-state index is 13.4. The summed E-state index contributed by atoms with van der Waals surface area (Å²) in [5.74, 6) is -0.430. The highest BCUT2D eigenvalue weighted by atomic mass is 19.1. The van der Waals surface area contributed by atoms with Crippen LogP contribution >= 0.6 is 0 Å². The van der Waals surface area contributed by atoms with Crippen LogP contribution in [-0.4, -0.2) is 36.7 Å². The second kappa shape index (κ2) is 5.09. The van der Waals surface area contributed by atoms with Crippen molar-refractivity contribution in [1.82, 2.24) is 4.90 Å². The first-order valence-corrected chi connectivity index (χ1v) is 4.88. The zero-order chi connectivity index (χ0) is 11.4. The molecule has 1 aromatic rings. The van der Waals surface area contributed by atoms with Crippen LogP contribution in [0.1, 0.15) is 5.56 Å². The average Bonchev–Trinajstić information content (AvgIpc) is 2.16. The van der Waals surface area contributed by atoms with E-state index in [1.165, 1.54) is 6.07 Å². The Hall–Kier alpha value is -1.13. The largest absolute Gasteiger partial charge is 0.508 e. The summed E-state index contributed by atoms with van der Waals surface area (Å²) in [6.45, 7) is 0.479. The van der Waals surface area contributed by atoms with Crippen molar-refractivity contribution >= 4 is 0 Å². The van der Waals surface area contributed by atoms with Gasteiger partial charge in [-0.2, -0.15) is 0 Å². The van der Waals surface area contributed by atoms with E-state index in [0.29, 0.717) is 18.5 Å². The van der Waals surface area contributed by atoms with Crippen molar-refractivity contribution in [3.63, 3.8) is 0 Å². The van der Waals surface area contributed by atoms with E-state index in [2.05, 4.69) is 0 Å². The molecule has 0 aliphatic heterocycles. The van der Waals surface area contributed by atoms with E-state index in [-0.39, 0.29) is 17.6 Å². The van der Waals surface area contributed by atoms with E-state index in [1.54, 1.807) is 6.07 Å². The van der Waals surface area contributed by atoms with Crippen LogP contribution in [0.5, 0.6) is 5.75 Å². The van der Waals surface area contributed by atoms with Crippen LogP contribution in [0.15, 0.2) is 18.2 Å². The molecule has 0 heterocycles. The summed E-state index contributed by atoms with van der Waals surface area (Å²) in [5, 5.41) is 9.06. The van der Waals surface area contributed by atoms with Crippen molar-refractivity contribution in [2.45, 2.75) is 12.5 Å². The van der Waals surface area contributed by atoms with Crippen LogP contribution in [0, 0.1) is 5.82 Å². The topological polar surface area (TPSA) is 49.5 Å². The molecule has 4 heteroatoms. The maximum absolute atomic E-state index is 13.4. The van der Waals surface area contributed by atoms with E-state index >= 15 is 0 Å². The molecule has 0 aliphatic rings. The Morgan fingerprint density at radius 1 is 1.47 bits per heavy atom. The summed E-state index contributed by atoms with van der Waals surface area (Å²) in [6, 6.07) is 4.32. The molecule has 1 atom stereocenters. The van der Waals surface area contributed by atoms with Gasteiger partial charge in [0, 0.05) is 18.7 Å². The summed E-state index contributed by atoms with van der Waals surface area (Å²) < 4.78 is 13.4. The van der Waals surface area contributed by atoms with Gasteiger partial charge in [0.25, 0.3) is 0 Å². The van der Waals surface area contributed by atoms with Gasteiger partial charge >= 0.3 is 0 Å². The fourth-order valence-electron chi connectivity index (χ4n) is 1.43. The van der Waals surface area contributed by atoms with Crippen molar-refractivity contribution in [1.29, 1.82) is 0 Å². The second-order valence-electron chi connectivity index (χ2n) is 3.83. The summed E-state index contributed by atoms with van der Waals surface area (Å²) >= 11 is 0. The molecule has 0 bridgehead atoms. The molecular weight excluding hydrogens is 195 g/mol. The number of phenols is 1. The molecule has 84 valence electrons. The Bertz CT molecular complexity index is 328. The minimum Gasteiger partial charge on any atom is -0.508 e. The summed E-state index contributed by atoms with van der Waals surface area (Å²) in [4.78, 5) is 1.96. The van der Waals surface area contributed by atoms with E-state index in [0.717, 1.165) is 6.07 Å². The number of phenolic OH excluding ortho intramolecular Hbond substituents is 1. The number of aromatic hydroxyl groups is 1. The summed E-state index contributed by atoms with van der Waals surface area (Å²) in [6.07, 6.45) is 0.551. The standard InChI is InChI=1S/C11H17FN2O/c1-14(2)9(7-13)5-8-3-4-10(15)6-11(8)12/h3-4,6,9,15H,5,7,13H2,1-2H3. The summed E-state index contributed by atoms with van der Waals surface area (Å²) in [7, 11) is 3.83. The Kier molecular flexibility index (Phi) is 4.05. The first-order chi connectivity index (χ1) is 7.04. The number of benzene rings is 1. The van der Waals surface area contributed by atoms with Crippen LogP contribution in [0.3, 0.4) is 0 Å². The van der Waals surface area contributed by atoms with E-state index < -0.39 is 0 Å². The highest BCUT2D eigenvalue weighted by molar-refractivity contribution is 5.28. The van der Waals surface area contributed by atoms with Crippen molar-refractivity contribution in [3.8, 4) is 5.75 Å². The van der Waals surface area contributed by atoms with Gasteiger partial charge in [-0.3, -0.25) is 0 Å². The minimum atomic E-state index is -0.379. The molecule has 0 spiro atoms. The van der Waals surface area contributed by atoms with Crippen LogP contribution in [0.25, 0.3) is 0 Å². The lowest BCUT2D eigenvalue weighted by molar-refractivity contribution is 0.295. The molecule has 1 rings (SSSR count). The molecule has 15 heavy (non-hydrogen) atoms. The molecule has 1 unspecified atom stereocenters. The summed E-state index contributed by atoms with van der Waals surface area (Å²) in [5.41, 5.74) is 6.17. The van der Waals surface area contributed by atoms with Gasteiger partial charge < -0.3 is 15.7 Å². The predicted molar refractivity (Wildman–Crippen MR) is 58.3 cm³/mol. The Morgan fingerprint density at radius 3 is 2.60 bits per heavy atom. The average molecular weight is 212 g/mol. The predicted octanol–water partition coefficient (Wildman–Crippen LogP) is 0.963. The molecular formula is C11H17FN2O. The zero-order valence-electron chi connectivity index (χ0n) is 9.07. The van der Waals surface area contributed by atoms with Gasteiger partial charge in [-0.1, -0.05) is 6.07 Å². The third-order valence-corrected chi connectivity index (χ3v) is 2.49. The maximum Gasteiger partial charge on any atom is 0.130 e. The number of rotatable bonds is 4. The van der Waals surface area contributed by atoms with Crippen LogP contribution in [0.4, 0.5) is 4.39 Å². The zero-order valence-corrected chi connectivity index (χ0v) is 9.07. The number of nitrogens with two attached hydrogens (primary N) is 1. The fraction of sp³-hybridized carbons (Fsp3) is 0.455. The third kappa shape index (κ3) is 3.18. The number of hydrogen-bond acceptors (Lipinski definition) is 3. The van der Waals surface area contributed by atoms with Gasteiger partial charge in [0.1, 0.15) is 11.6 Å². The molecule has 3 N–H and O–H groups in total. The Labute approximate surface area is 89.3 Å². The smallest absolute Gasteiger partial charge is 0.130 e. The van der Waals surface area contributed by atoms with E-state index in [4.69, 9.17) is 10.8 Å². The fourth-order valence-corrected chi connectivity index (χ4v) is 1.43. The van der Waals surface area contributed by atoms with Gasteiger partial charge in [0.15, 0.2) is 0 Å². The second-order valence-corrected chi connectivity index (χ2v) is 3.83. The quantitative estimate of drug-likeness (QED) is 0.781. The third-order valence-electron chi connectivity index (χ3n) is 2.49. The first kappa shape index (κ1) is 11.9. The van der Waals surface area contributed by atoms with Crippen molar-refractivity contribution < 1.29 is 9.50 Å². The molecule has 0 amide bonds. The molecule has 3 nitrogen and oxygen atoms in total. The number of hydrogen-bond donors (Lipinski definition) is 2. The van der Waals surface area contributed by atoms with Crippen molar-refractivity contribution in [2.24, 2.45) is 5.73 Å². The lowest BCUT2D eigenvalue weighted by Gasteiger charge is -2.22. The number of likely N-dealkylation sites (N-methyl/N-ethyl adjacent to an activating group) is 1. The SMILES string of the molecule is CN(C)C(CN)Cc1ccc(O)cc1F. The normalized spacial score (nSPS) is 13.1. The first-order valence-electron chi connectivity index (χ1n) is 4.88. The number of nitrogens with zero attached hydrogens (tertiary/aromatic N) is 1. The van der Waals surface area contributed by atoms with Crippen molar-refractivity contribution in [3.05, 3.63) is 29.6 Å². The molecule has 1 aromatic carbocycles. The molecule has 0 aliphatic carbocycles. The van der Waals surface area contributed by atoms with Gasteiger partial charge in [0.05, 0.1) is 0 Å². The Balaban J connectivity index is 2.79. The molecule has 0 saturated heterocycles. The molecule has 0 radical (unpaired) electrons. The van der Waals surface area contributed by atoms with Gasteiger partial charge in [-0.15, -0.1) is 0 Å². The van der Waals surface area contributed by atoms with Crippen LogP contribution < -0.4 is 5.73 Å². The Morgan fingerprint density at radius 2 is 2.13 bits per heavy atom. The van der Waals surface area contributed by atoms with E-state index in [1.807, 2.05) is 19.0 Å². The van der Waals surface area contributed by atoms with Crippen molar-refractivity contribution in [2.75, 3.05) is 20.6 Å². The lowest BCUT2D eigenvalue weighted by atomic mass is 10.0. The van der Waals surface area contributed by atoms with Crippen LogP contribution in [-0.2, 0) is 6.42 Å². The van der Waals surface area contributed by atoms with Gasteiger partial charge in [-0.25, -0.2) is 4.39 Å². The minimum absolute atomic E-state index is 0.0506.